The molecule has 0 heterocycles. The lowest BCUT2D eigenvalue weighted by atomic mass is 10.2. The molecule has 0 saturated heterocycles. The van der Waals surface area contributed by atoms with Crippen LogP contribution in [0.15, 0.2) is 48.5 Å². The third-order valence-electron chi connectivity index (χ3n) is 2.87. The summed E-state index contributed by atoms with van der Waals surface area (Å²) >= 11 is 2.18. The van der Waals surface area contributed by atoms with Crippen molar-refractivity contribution in [2.24, 2.45) is 0 Å². The topological polar surface area (TPSA) is 75.6 Å². The minimum atomic E-state index is -1.04. The number of carbonyl (C=O) groups excluding carboxylic acids is 1. The van der Waals surface area contributed by atoms with E-state index in [0.717, 1.165) is 3.57 Å². The lowest BCUT2D eigenvalue weighted by molar-refractivity contribution is -0.122. The second-order valence-corrected chi connectivity index (χ2v) is 5.83. The molecule has 0 aliphatic rings. The highest BCUT2D eigenvalue weighted by Gasteiger charge is 2.15. The van der Waals surface area contributed by atoms with Crippen LogP contribution in [0.25, 0.3) is 0 Å². The first-order valence-electron chi connectivity index (χ1n) is 6.52. The van der Waals surface area contributed by atoms with Gasteiger partial charge in [-0.3, -0.25) is 4.79 Å². The first-order chi connectivity index (χ1) is 10.5. The minimum Gasteiger partial charge on any atom is -0.481 e. The van der Waals surface area contributed by atoms with E-state index in [4.69, 9.17) is 9.84 Å². The van der Waals surface area contributed by atoms with Gasteiger partial charge in [0.05, 0.1) is 5.56 Å². The molecule has 0 aromatic heterocycles. The van der Waals surface area contributed by atoms with Crippen molar-refractivity contribution in [1.29, 1.82) is 0 Å². The van der Waals surface area contributed by atoms with E-state index in [1.807, 2.05) is 12.1 Å². The number of benzene rings is 2. The van der Waals surface area contributed by atoms with E-state index in [0.29, 0.717) is 11.4 Å². The molecule has 6 heteroatoms. The maximum absolute atomic E-state index is 12.1. The molecule has 0 spiro atoms. The molecule has 0 bridgehead atoms. The van der Waals surface area contributed by atoms with Gasteiger partial charge in [-0.2, -0.15) is 0 Å². The molecule has 5 nitrogen and oxygen atoms in total. The first-order valence-corrected chi connectivity index (χ1v) is 7.60. The zero-order chi connectivity index (χ0) is 16.1. The fourth-order valence-corrected chi connectivity index (χ4v) is 2.10. The van der Waals surface area contributed by atoms with E-state index in [9.17, 15) is 9.59 Å². The number of nitrogens with one attached hydrogen (secondary N) is 1. The summed E-state index contributed by atoms with van der Waals surface area (Å²) in [5.74, 6) is -0.789. The number of carboxylic acids is 1. The highest BCUT2D eigenvalue weighted by Crippen LogP contribution is 2.16. The van der Waals surface area contributed by atoms with Crippen LogP contribution in [0.5, 0.6) is 5.75 Å². The van der Waals surface area contributed by atoms with Crippen LogP contribution in [0.3, 0.4) is 0 Å². The molecule has 0 saturated carbocycles. The Morgan fingerprint density at radius 1 is 1.18 bits per heavy atom. The minimum absolute atomic E-state index is 0.115. The monoisotopic (exact) mass is 411 g/mol. The van der Waals surface area contributed by atoms with E-state index in [1.54, 1.807) is 31.2 Å². The number of amides is 1. The molecule has 2 aromatic carbocycles. The molecule has 0 radical (unpaired) electrons. The Balaban J connectivity index is 2.00. The summed E-state index contributed by atoms with van der Waals surface area (Å²) in [6, 6.07) is 13.4. The van der Waals surface area contributed by atoms with Crippen LogP contribution >= 0.6 is 22.6 Å². The second kappa shape index (κ2) is 7.26. The van der Waals surface area contributed by atoms with Crippen molar-refractivity contribution in [3.63, 3.8) is 0 Å². The average molecular weight is 411 g/mol. The first kappa shape index (κ1) is 16.3. The number of rotatable bonds is 5. The molecule has 2 rings (SSSR count). The molecule has 1 atom stereocenters. The third kappa shape index (κ3) is 4.45. The molecule has 114 valence electrons. The molecule has 1 amide bonds. The third-order valence-corrected chi connectivity index (χ3v) is 3.59. The standard InChI is InChI=1S/C16H14INO4/c1-10(22-14-7-5-12(17)6-8-14)15(19)18-13-4-2-3-11(9-13)16(20)21/h2-10H,1H3,(H,18,19)(H,20,21). The van der Waals surface area contributed by atoms with E-state index in [-0.39, 0.29) is 11.5 Å². The number of aromatic carboxylic acids is 1. The smallest absolute Gasteiger partial charge is 0.335 e. The highest BCUT2D eigenvalue weighted by molar-refractivity contribution is 14.1. The number of carbonyl (C=O) groups is 2. The van der Waals surface area contributed by atoms with Gasteiger partial charge >= 0.3 is 5.97 Å². The van der Waals surface area contributed by atoms with Crippen molar-refractivity contribution in [1.82, 2.24) is 0 Å². The van der Waals surface area contributed by atoms with Crippen LogP contribution in [-0.4, -0.2) is 23.1 Å². The Bertz CT molecular complexity index is 685. The summed E-state index contributed by atoms with van der Waals surface area (Å²) in [4.78, 5) is 23.0. The van der Waals surface area contributed by atoms with Crippen LogP contribution in [0, 0.1) is 3.57 Å². The van der Waals surface area contributed by atoms with Crippen LogP contribution < -0.4 is 10.1 Å². The zero-order valence-electron chi connectivity index (χ0n) is 11.7. The molecular formula is C16H14INO4. The summed E-state index contributed by atoms with van der Waals surface area (Å²) in [7, 11) is 0. The van der Waals surface area contributed by atoms with Gasteiger partial charge in [-0.05, 0) is 72.0 Å². The predicted octanol–water partition coefficient (Wildman–Crippen LogP) is 3.40. The molecule has 1 unspecified atom stereocenters. The molecular weight excluding hydrogens is 397 g/mol. The van der Waals surface area contributed by atoms with Gasteiger partial charge in [0.25, 0.3) is 5.91 Å². The van der Waals surface area contributed by atoms with Gasteiger partial charge in [0, 0.05) is 9.26 Å². The van der Waals surface area contributed by atoms with E-state index < -0.39 is 12.1 Å². The molecule has 0 aliphatic carbocycles. The van der Waals surface area contributed by atoms with Gasteiger partial charge in [-0.25, -0.2) is 4.79 Å². The second-order valence-electron chi connectivity index (χ2n) is 4.59. The van der Waals surface area contributed by atoms with Crippen molar-refractivity contribution in [3.8, 4) is 5.75 Å². The lowest BCUT2D eigenvalue weighted by Crippen LogP contribution is -2.30. The molecule has 2 aromatic rings. The fourth-order valence-electron chi connectivity index (χ4n) is 1.74. The largest absolute Gasteiger partial charge is 0.481 e. The Labute approximate surface area is 141 Å². The number of anilines is 1. The maximum atomic E-state index is 12.1. The van der Waals surface area contributed by atoms with Crippen LogP contribution in [0.4, 0.5) is 5.69 Å². The number of carboxylic acid groups (broad SMARTS) is 1. The van der Waals surface area contributed by atoms with Crippen LogP contribution in [0.1, 0.15) is 17.3 Å². The van der Waals surface area contributed by atoms with Gasteiger partial charge in [0.2, 0.25) is 0 Å². The Morgan fingerprint density at radius 3 is 2.50 bits per heavy atom. The molecule has 0 fully saturated rings. The predicted molar refractivity (Wildman–Crippen MR) is 91.3 cm³/mol. The van der Waals surface area contributed by atoms with Crippen molar-refractivity contribution in [3.05, 3.63) is 57.7 Å². The van der Waals surface area contributed by atoms with Gasteiger partial charge in [0.1, 0.15) is 5.75 Å². The number of ether oxygens (including phenoxy) is 1. The summed E-state index contributed by atoms with van der Waals surface area (Å²) in [5.41, 5.74) is 0.534. The number of halogens is 1. The van der Waals surface area contributed by atoms with Gasteiger partial charge in [-0.1, -0.05) is 6.07 Å². The Hall–Kier alpha value is -2.09. The van der Waals surface area contributed by atoms with Gasteiger partial charge in [-0.15, -0.1) is 0 Å². The van der Waals surface area contributed by atoms with Gasteiger partial charge < -0.3 is 15.2 Å². The van der Waals surface area contributed by atoms with Gasteiger partial charge in [0.15, 0.2) is 6.10 Å². The summed E-state index contributed by atoms with van der Waals surface area (Å²) in [6.07, 6.45) is -0.700. The van der Waals surface area contributed by atoms with E-state index in [2.05, 4.69) is 27.9 Å². The quantitative estimate of drug-likeness (QED) is 0.740. The number of hydrogen-bond acceptors (Lipinski definition) is 3. The van der Waals surface area contributed by atoms with Crippen molar-refractivity contribution in [2.45, 2.75) is 13.0 Å². The SMILES string of the molecule is CC(Oc1ccc(I)cc1)C(=O)Nc1cccc(C(=O)O)c1. The summed E-state index contributed by atoms with van der Waals surface area (Å²) in [6.45, 7) is 1.63. The summed E-state index contributed by atoms with van der Waals surface area (Å²) in [5, 5.41) is 11.6. The van der Waals surface area contributed by atoms with Crippen molar-refractivity contribution in [2.75, 3.05) is 5.32 Å². The van der Waals surface area contributed by atoms with Crippen molar-refractivity contribution < 1.29 is 19.4 Å². The Kier molecular flexibility index (Phi) is 5.37. The average Bonchev–Trinajstić information content (AvgIpc) is 2.49. The van der Waals surface area contributed by atoms with E-state index >= 15 is 0 Å². The van der Waals surface area contributed by atoms with Crippen molar-refractivity contribution >= 4 is 40.2 Å². The fraction of sp³-hybridized carbons (Fsp3) is 0.125. The highest BCUT2D eigenvalue weighted by atomic mass is 127. The van der Waals surface area contributed by atoms with E-state index in [1.165, 1.54) is 12.1 Å². The Morgan fingerprint density at radius 2 is 1.86 bits per heavy atom. The zero-order valence-corrected chi connectivity index (χ0v) is 13.9. The molecule has 22 heavy (non-hydrogen) atoms. The number of hydrogen-bond donors (Lipinski definition) is 2. The summed E-state index contributed by atoms with van der Waals surface area (Å²) < 4.78 is 6.63. The maximum Gasteiger partial charge on any atom is 0.335 e. The van der Waals surface area contributed by atoms with Crippen LogP contribution in [-0.2, 0) is 4.79 Å². The lowest BCUT2D eigenvalue weighted by Gasteiger charge is -2.15. The normalized spacial score (nSPS) is 11.5. The molecule has 0 aliphatic heterocycles. The molecule has 2 N–H and O–H groups in total. The van der Waals surface area contributed by atoms with Crippen LogP contribution in [0.2, 0.25) is 0 Å².